The molecule has 0 aliphatic carbocycles. The van der Waals surface area contributed by atoms with Gasteiger partial charge in [-0.3, -0.25) is 4.99 Å². The van der Waals surface area contributed by atoms with Crippen LogP contribution in [0.25, 0.3) is 0 Å². The molecule has 0 spiro atoms. The van der Waals surface area contributed by atoms with Gasteiger partial charge >= 0.3 is 0 Å². The molecule has 0 aliphatic heterocycles. The molecule has 0 aliphatic rings. The van der Waals surface area contributed by atoms with Crippen LogP contribution >= 0.6 is 24.0 Å². The quantitative estimate of drug-likeness (QED) is 0.263. The molecule has 1 rings (SSSR count). The zero-order chi connectivity index (χ0) is 15.3. The largest absolute Gasteiger partial charge is 0.469 e. The lowest BCUT2D eigenvalue weighted by atomic mass is 10.3. The number of hydrogen-bond acceptors (Lipinski definition) is 3. The third-order valence-corrected chi connectivity index (χ3v) is 2.86. The third-order valence-electron chi connectivity index (χ3n) is 2.86. The van der Waals surface area contributed by atoms with E-state index in [1.807, 2.05) is 12.1 Å². The maximum absolute atomic E-state index is 5.51. The van der Waals surface area contributed by atoms with Crippen molar-refractivity contribution in [3.63, 3.8) is 0 Å². The van der Waals surface area contributed by atoms with Crippen molar-refractivity contribution in [1.29, 1.82) is 0 Å². The average molecular weight is 423 g/mol. The van der Waals surface area contributed by atoms with Gasteiger partial charge in [-0.2, -0.15) is 0 Å². The van der Waals surface area contributed by atoms with Crippen LogP contribution in [0.5, 0.6) is 0 Å². The Balaban J connectivity index is 0.00000441. The van der Waals surface area contributed by atoms with Crippen LogP contribution in [0.3, 0.4) is 0 Å². The molecule has 0 unspecified atom stereocenters. The fraction of sp³-hybridized carbons (Fsp3) is 0.688. The molecule has 0 saturated heterocycles. The Bertz CT molecular complexity index is 381. The molecule has 6 heteroatoms. The summed E-state index contributed by atoms with van der Waals surface area (Å²) in [6.07, 6.45) is 4.97. The lowest BCUT2D eigenvalue weighted by Gasteiger charge is -2.11. The molecule has 128 valence electrons. The summed E-state index contributed by atoms with van der Waals surface area (Å²) in [5.74, 6) is 1.86. The molecule has 0 bridgehead atoms. The van der Waals surface area contributed by atoms with Crippen molar-refractivity contribution in [2.24, 2.45) is 4.99 Å². The van der Waals surface area contributed by atoms with E-state index in [4.69, 9.17) is 9.15 Å². The summed E-state index contributed by atoms with van der Waals surface area (Å²) in [4.78, 5) is 4.56. The van der Waals surface area contributed by atoms with Gasteiger partial charge in [-0.25, -0.2) is 0 Å². The van der Waals surface area contributed by atoms with Crippen LogP contribution in [0.1, 0.15) is 39.4 Å². The Morgan fingerprint density at radius 1 is 1.32 bits per heavy atom. The SMILES string of the molecule is CCNC(=NCCCCOC(C)C)NCCc1ccco1.I. The molecular weight excluding hydrogens is 393 g/mol. The van der Waals surface area contributed by atoms with E-state index in [1.165, 1.54) is 0 Å². The predicted molar refractivity (Wildman–Crippen MR) is 102 cm³/mol. The summed E-state index contributed by atoms with van der Waals surface area (Å²) in [7, 11) is 0. The smallest absolute Gasteiger partial charge is 0.191 e. The molecule has 1 heterocycles. The summed E-state index contributed by atoms with van der Waals surface area (Å²) in [6, 6.07) is 3.90. The maximum Gasteiger partial charge on any atom is 0.191 e. The minimum atomic E-state index is 0. The van der Waals surface area contributed by atoms with E-state index >= 15 is 0 Å². The van der Waals surface area contributed by atoms with Crippen molar-refractivity contribution in [2.45, 2.75) is 46.1 Å². The van der Waals surface area contributed by atoms with Crippen LogP contribution in [-0.4, -0.2) is 38.3 Å². The molecule has 0 atom stereocenters. The second-order valence-electron chi connectivity index (χ2n) is 5.14. The van der Waals surface area contributed by atoms with Crippen LogP contribution in [0.15, 0.2) is 27.8 Å². The first-order valence-electron chi connectivity index (χ1n) is 7.88. The van der Waals surface area contributed by atoms with Crippen molar-refractivity contribution in [2.75, 3.05) is 26.2 Å². The highest BCUT2D eigenvalue weighted by Crippen LogP contribution is 1.99. The van der Waals surface area contributed by atoms with E-state index in [2.05, 4.69) is 36.4 Å². The standard InChI is InChI=1S/C16H29N3O2.HI/c1-4-17-16(18-10-5-6-12-20-14(2)3)19-11-9-15-8-7-13-21-15;/h7-8,13-14H,4-6,9-12H2,1-3H3,(H2,17,18,19);1H. The van der Waals surface area contributed by atoms with Crippen molar-refractivity contribution >= 4 is 29.9 Å². The molecule has 2 N–H and O–H groups in total. The van der Waals surface area contributed by atoms with E-state index in [-0.39, 0.29) is 24.0 Å². The number of ether oxygens (including phenoxy) is 1. The van der Waals surface area contributed by atoms with Gasteiger partial charge in [-0.1, -0.05) is 0 Å². The first-order chi connectivity index (χ1) is 10.2. The van der Waals surface area contributed by atoms with Crippen LogP contribution in [-0.2, 0) is 11.2 Å². The van der Waals surface area contributed by atoms with Gasteiger partial charge in [0.1, 0.15) is 5.76 Å². The number of aliphatic imine (C=N–C) groups is 1. The van der Waals surface area contributed by atoms with E-state index in [0.717, 1.165) is 57.2 Å². The van der Waals surface area contributed by atoms with Crippen molar-refractivity contribution in [3.8, 4) is 0 Å². The number of furan rings is 1. The van der Waals surface area contributed by atoms with Crippen LogP contribution in [0.4, 0.5) is 0 Å². The number of rotatable bonds is 10. The first-order valence-corrected chi connectivity index (χ1v) is 7.88. The Kier molecular flexibility index (Phi) is 13.4. The number of halogens is 1. The second-order valence-corrected chi connectivity index (χ2v) is 5.14. The molecule has 0 aromatic carbocycles. The van der Waals surface area contributed by atoms with Crippen molar-refractivity contribution in [1.82, 2.24) is 10.6 Å². The number of nitrogens with zero attached hydrogens (tertiary/aromatic N) is 1. The van der Waals surface area contributed by atoms with Crippen LogP contribution in [0, 0.1) is 0 Å². The Hall–Kier alpha value is -0.760. The highest BCUT2D eigenvalue weighted by molar-refractivity contribution is 14.0. The predicted octanol–water partition coefficient (Wildman–Crippen LogP) is 3.20. The fourth-order valence-electron chi connectivity index (χ4n) is 1.82. The van der Waals surface area contributed by atoms with Gasteiger partial charge in [-0.15, -0.1) is 24.0 Å². The normalized spacial score (nSPS) is 11.4. The number of nitrogens with one attached hydrogen (secondary N) is 2. The molecule has 0 amide bonds. The zero-order valence-electron chi connectivity index (χ0n) is 13.9. The molecular formula is C16H30IN3O2. The summed E-state index contributed by atoms with van der Waals surface area (Å²) >= 11 is 0. The Morgan fingerprint density at radius 3 is 2.77 bits per heavy atom. The monoisotopic (exact) mass is 423 g/mol. The lowest BCUT2D eigenvalue weighted by molar-refractivity contribution is 0.0763. The number of hydrogen-bond donors (Lipinski definition) is 2. The highest BCUT2D eigenvalue weighted by Gasteiger charge is 1.99. The van der Waals surface area contributed by atoms with Gasteiger partial charge < -0.3 is 19.8 Å². The van der Waals surface area contributed by atoms with E-state index in [1.54, 1.807) is 6.26 Å². The van der Waals surface area contributed by atoms with E-state index in [0.29, 0.717) is 6.10 Å². The summed E-state index contributed by atoms with van der Waals surface area (Å²) in [5.41, 5.74) is 0. The molecule has 22 heavy (non-hydrogen) atoms. The molecule has 5 nitrogen and oxygen atoms in total. The minimum Gasteiger partial charge on any atom is -0.469 e. The van der Waals surface area contributed by atoms with Crippen LogP contribution < -0.4 is 10.6 Å². The van der Waals surface area contributed by atoms with Gasteiger partial charge in [-0.05, 0) is 45.7 Å². The number of guanidine groups is 1. The summed E-state index contributed by atoms with van der Waals surface area (Å²) in [5, 5.41) is 6.56. The minimum absolute atomic E-state index is 0. The molecule has 1 aromatic rings. The topological polar surface area (TPSA) is 58.8 Å². The Labute approximate surface area is 151 Å². The van der Waals surface area contributed by atoms with Crippen LogP contribution in [0.2, 0.25) is 0 Å². The van der Waals surface area contributed by atoms with E-state index < -0.39 is 0 Å². The fourth-order valence-corrected chi connectivity index (χ4v) is 1.82. The molecule has 0 saturated carbocycles. The first kappa shape index (κ1) is 21.2. The zero-order valence-corrected chi connectivity index (χ0v) is 16.3. The summed E-state index contributed by atoms with van der Waals surface area (Å²) in [6.45, 7) is 9.50. The average Bonchev–Trinajstić information content (AvgIpc) is 2.95. The van der Waals surface area contributed by atoms with Crippen molar-refractivity contribution < 1.29 is 9.15 Å². The molecule has 0 radical (unpaired) electrons. The van der Waals surface area contributed by atoms with Crippen molar-refractivity contribution in [3.05, 3.63) is 24.2 Å². The Morgan fingerprint density at radius 2 is 2.14 bits per heavy atom. The van der Waals surface area contributed by atoms with Gasteiger partial charge in [0.25, 0.3) is 0 Å². The molecule has 0 fully saturated rings. The second kappa shape index (κ2) is 13.9. The van der Waals surface area contributed by atoms with Gasteiger partial charge in [0.2, 0.25) is 0 Å². The summed E-state index contributed by atoms with van der Waals surface area (Å²) < 4.78 is 10.8. The van der Waals surface area contributed by atoms with Gasteiger partial charge in [0.15, 0.2) is 5.96 Å². The van der Waals surface area contributed by atoms with Gasteiger partial charge in [0, 0.05) is 32.7 Å². The number of unbranched alkanes of at least 4 members (excludes halogenated alkanes) is 1. The lowest BCUT2D eigenvalue weighted by Crippen LogP contribution is -2.38. The maximum atomic E-state index is 5.51. The van der Waals surface area contributed by atoms with E-state index in [9.17, 15) is 0 Å². The molecule has 1 aromatic heterocycles. The highest BCUT2D eigenvalue weighted by atomic mass is 127. The third kappa shape index (κ3) is 10.9. The van der Waals surface area contributed by atoms with Gasteiger partial charge in [0.05, 0.1) is 12.4 Å².